The van der Waals surface area contributed by atoms with Crippen LogP contribution in [0.15, 0.2) is 4.99 Å². The Hall–Kier alpha value is -0.0400. The second kappa shape index (κ2) is 11.5. The zero-order valence-corrected chi connectivity index (χ0v) is 16.3. The fourth-order valence-electron chi connectivity index (χ4n) is 2.32. The van der Waals surface area contributed by atoms with Crippen LogP contribution < -0.4 is 10.6 Å². The average Bonchev–Trinajstić information content (AvgIpc) is 3.25. The van der Waals surface area contributed by atoms with E-state index in [1.807, 2.05) is 0 Å². The molecule has 0 spiro atoms. The number of guanidine groups is 1. The first-order chi connectivity index (χ1) is 9.69. The molecule has 0 aliphatic heterocycles. The SMILES string of the molecule is CCCCC(CC)CNC(=NCC1(CO)CC1)NCC.I. The molecule has 1 aliphatic carbocycles. The van der Waals surface area contributed by atoms with Gasteiger partial charge in [-0.15, -0.1) is 24.0 Å². The molecule has 1 rings (SSSR count). The molecule has 0 amide bonds. The van der Waals surface area contributed by atoms with Crippen molar-refractivity contribution >= 4 is 29.9 Å². The third-order valence-electron chi connectivity index (χ3n) is 4.31. The molecule has 0 aromatic rings. The summed E-state index contributed by atoms with van der Waals surface area (Å²) in [5, 5.41) is 16.1. The summed E-state index contributed by atoms with van der Waals surface area (Å²) >= 11 is 0. The molecule has 126 valence electrons. The van der Waals surface area contributed by atoms with Crippen LogP contribution in [0.1, 0.15) is 59.3 Å². The summed E-state index contributed by atoms with van der Waals surface area (Å²) in [6.07, 6.45) is 7.30. The highest BCUT2D eigenvalue weighted by atomic mass is 127. The lowest BCUT2D eigenvalue weighted by Gasteiger charge is -2.18. The van der Waals surface area contributed by atoms with Crippen molar-refractivity contribution in [2.75, 3.05) is 26.2 Å². The second-order valence-corrected chi connectivity index (χ2v) is 6.15. The second-order valence-electron chi connectivity index (χ2n) is 6.15. The molecule has 3 N–H and O–H groups in total. The van der Waals surface area contributed by atoms with E-state index in [1.54, 1.807) is 0 Å². The molecule has 5 heteroatoms. The minimum absolute atomic E-state index is 0. The number of rotatable bonds is 10. The van der Waals surface area contributed by atoms with E-state index in [4.69, 9.17) is 0 Å². The van der Waals surface area contributed by atoms with Crippen LogP contribution in [0.2, 0.25) is 0 Å². The molecular weight excluding hydrogens is 377 g/mol. The van der Waals surface area contributed by atoms with Crippen LogP contribution in [-0.2, 0) is 0 Å². The van der Waals surface area contributed by atoms with Gasteiger partial charge in [-0.25, -0.2) is 0 Å². The topological polar surface area (TPSA) is 56.7 Å². The van der Waals surface area contributed by atoms with Crippen molar-refractivity contribution in [3.63, 3.8) is 0 Å². The van der Waals surface area contributed by atoms with Crippen LogP contribution in [-0.4, -0.2) is 37.3 Å². The van der Waals surface area contributed by atoms with Crippen LogP contribution in [0.3, 0.4) is 0 Å². The van der Waals surface area contributed by atoms with Crippen LogP contribution in [0, 0.1) is 11.3 Å². The van der Waals surface area contributed by atoms with Gasteiger partial charge in [0.05, 0.1) is 13.2 Å². The fourth-order valence-corrected chi connectivity index (χ4v) is 2.32. The summed E-state index contributed by atoms with van der Waals surface area (Å²) in [5.41, 5.74) is 0.0920. The summed E-state index contributed by atoms with van der Waals surface area (Å²) < 4.78 is 0. The van der Waals surface area contributed by atoms with Crippen molar-refractivity contribution in [2.24, 2.45) is 16.3 Å². The predicted molar refractivity (Wildman–Crippen MR) is 101 cm³/mol. The minimum atomic E-state index is 0. The molecule has 0 aromatic heterocycles. The van der Waals surface area contributed by atoms with E-state index < -0.39 is 0 Å². The first-order valence-corrected chi connectivity index (χ1v) is 8.32. The molecule has 0 aromatic carbocycles. The molecule has 0 bridgehead atoms. The molecular formula is C16H34IN3O. The van der Waals surface area contributed by atoms with Gasteiger partial charge >= 0.3 is 0 Å². The molecule has 0 radical (unpaired) electrons. The van der Waals surface area contributed by atoms with Crippen LogP contribution in [0.4, 0.5) is 0 Å². The number of aliphatic hydroxyl groups excluding tert-OH is 1. The monoisotopic (exact) mass is 411 g/mol. The number of halogens is 1. The Labute approximate surface area is 147 Å². The molecule has 1 aliphatic rings. The smallest absolute Gasteiger partial charge is 0.191 e. The molecule has 21 heavy (non-hydrogen) atoms. The fraction of sp³-hybridized carbons (Fsp3) is 0.938. The van der Waals surface area contributed by atoms with E-state index in [0.717, 1.165) is 44.4 Å². The standard InChI is InChI=1S/C16H33N3O.HI/c1-4-7-8-14(5-2)11-18-15(17-6-3)19-12-16(13-20)9-10-16;/h14,20H,4-13H2,1-3H3,(H2,17,18,19);1H. The first kappa shape index (κ1) is 21.0. The van der Waals surface area contributed by atoms with E-state index in [-0.39, 0.29) is 36.0 Å². The molecule has 1 saturated carbocycles. The number of aliphatic hydroxyl groups is 1. The summed E-state index contributed by atoms with van der Waals surface area (Å²) in [6.45, 7) is 9.48. The van der Waals surface area contributed by atoms with E-state index in [1.165, 1.54) is 25.7 Å². The summed E-state index contributed by atoms with van der Waals surface area (Å²) in [5.74, 6) is 1.63. The zero-order valence-electron chi connectivity index (χ0n) is 14.0. The lowest BCUT2D eigenvalue weighted by Crippen LogP contribution is -2.40. The Balaban J connectivity index is 0.00000400. The van der Waals surface area contributed by atoms with Crippen LogP contribution >= 0.6 is 24.0 Å². The van der Waals surface area contributed by atoms with Gasteiger partial charge in [0.1, 0.15) is 0 Å². The van der Waals surface area contributed by atoms with E-state index in [0.29, 0.717) is 0 Å². The number of aliphatic imine (C=N–C) groups is 1. The Morgan fingerprint density at radius 2 is 1.95 bits per heavy atom. The van der Waals surface area contributed by atoms with Gasteiger partial charge in [0, 0.05) is 18.5 Å². The van der Waals surface area contributed by atoms with Crippen molar-refractivity contribution in [3.05, 3.63) is 0 Å². The summed E-state index contributed by atoms with van der Waals surface area (Å²) in [6, 6.07) is 0. The minimum Gasteiger partial charge on any atom is -0.396 e. The maximum atomic E-state index is 9.34. The quantitative estimate of drug-likeness (QED) is 0.294. The van der Waals surface area contributed by atoms with Gasteiger partial charge in [-0.05, 0) is 32.1 Å². The molecule has 1 fully saturated rings. The van der Waals surface area contributed by atoms with Crippen LogP contribution in [0.25, 0.3) is 0 Å². The van der Waals surface area contributed by atoms with Gasteiger partial charge in [-0.2, -0.15) is 0 Å². The first-order valence-electron chi connectivity index (χ1n) is 8.32. The lowest BCUT2D eigenvalue weighted by molar-refractivity contribution is 0.217. The van der Waals surface area contributed by atoms with Gasteiger partial charge in [0.2, 0.25) is 0 Å². The van der Waals surface area contributed by atoms with Crippen molar-refractivity contribution in [3.8, 4) is 0 Å². The van der Waals surface area contributed by atoms with E-state index in [2.05, 4.69) is 36.4 Å². The third-order valence-corrected chi connectivity index (χ3v) is 4.31. The van der Waals surface area contributed by atoms with Crippen LogP contribution in [0.5, 0.6) is 0 Å². The molecule has 1 atom stereocenters. The normalized spacial score (nSPS) is 17.8. The van der Waals surface area contributed by atoms with Gasteiger partial charge in [-0.1, -0.05) is 33.1 Å². The number of nitrogens with zero attached hydrogens (tertiary/aromatic N) is 1. The molecule has 1 unspecified atom stereocenters. The van der Waals surface area contributed by atoms with Gasteiger partial charge in [0.25, 0.3) is 0 Å². The number of hydrogen-bond donors (Lipinski definition) is 3. The maximum Gasteiger partial charge on any atom is 0.191 e. The Morgan fingerprint density at radius 1 is 1.24 bits per heavy atom. The van der Waals surface area contributed by atoms with Crippen molar-refractivity contribution in [1.82, 2.24) is 10.6 Å². The highest BCUT2D eigenvalue weighted by Gasteiger charge is 2.41. The average molecular weight is 411 g/mol. The largest absolute Gasteiger partial charge is 0.396 e. The van der Waals surface area contributed by atoms with Gasteiger partial charge < -0.3 is 15.7 Å². The summed E-state index contributed by atoms with van der Waals surface area (Å²) in [7, 11) is 0. The Morgan fingerprint density at radius 3 is 2.43 bits per heavy atom. The number of unbranched alkanes of at least 4 members (excludes halogenated alkanes) is 1. The maximum absolute atomic E-state index is 9.34. The number of nitrogens with one attached hydrogen (secondary N) is 2. The zero-order chi connectivity index (χ0) is 14.8. The van der Waals surface area contributed by atoms with Crippen molar-refractivity contribution < 1.29 is 5.11 Å². The highest BCUT2D eigenvalue weighted by Crippen LogP contribution is 2.45. The van der Waals surface area contributed by atoms with Gasteiger partial charge in [-0.3, -0.25) is 4.99 Å². The molecule has 0 heterocycles. The van der Waals surface area contributed by atoms with Crippen molar-refractivity contribution in [1.29, 1.82) is 0 Å². The number of hydrogen-bond acceptors (Lipinski definition) is 2. The molecule has 4 nitrogen and oxygen atoms in total. The van der Waals surface area contributed by atoms with E-state index in [9.17, 15) is 5.11 Å². The Kier molecular flexibility index (Phi) is 11.5. The third kappa shape index (κ3) is 8.24. The van der Waals surface area contributed by atoms with Gasteiger partial charge in [0.15, 0.2) is 5.96 Å². The molecule has 0 saturated heterocycles. The highest BCUT2D eigenvalue weighted by molar-refractivity contribution is 14.0. The van der Waals surface area contributed by atoms with E-state index >= 15 is 0 Å². The summed E-state index contributed by atoms with van der Waals surface area (Å²) in [4.78, 5) is 4.64. The Bertz CT molecular complexity index is 293. The predicted octanol–water partition coefficient (Wildman–Crippen LogP) is 3.15. The van der Waals surface area contributed by atoms with Crippen molar-refractivity contribution in [2.45, 2.75) is 59.3 Å². The lowest BCUT2D eigenvalue weighted by atomic mass is 9.99.